The number of benzene rings is 1. The lowest BCUT2D eigenvalue weighted by molar-refractivity contribution is -0.136. The highest BCUT2D eigenvalue weighted by Crippen LogP contribution is 2.20. The number of anilines is 1. The van der Waals surface area contributed by atoms with Gasteiger partial charge >= 0.3 is 5.97 Å². The fourth-order valence-corrected chi connectivity index (χ4v) is 0.893. The molecule has 0 saturated heterocycles. The van der Waals surface area contributed by atoms with Crippen LogP contribution < -0.4 is 5.73 Å². The normalized spacial score (nSPS) is 9.67. The second-order valence-corrected chi connectivity index (χ2v) is 2.46. The summed E-state index contributed by atoms with van der Waals surface area (Å²) in [5.41, 5.74) is 6.14. The Balaban J connectivity index is 2.93. The number of hydrogen-bond acceptors (Lipinski definition) is 3. The average molecular weight is 167 g/mol. The number of phenolic OH excluding ortho intramolecular Hbond substituents is 1. The van der Waals surface area contributed by atoms with Crippen molar-refractivity contribution in [2.24, 2.45) is 0 Å². The van der Waals surface area contributed by atoms with Crippen LogP contribution in [-0.4, -0.2) is 16.2 Å². The van der Waals surface area contributed by atoms with Gasteiger partial charge in [-0.2, -0.15) is 0 Å². The molecular weight excluding hydrogens is 158 g/mol. The quantitative estimate of drug-likeness (QED) is 0.563. The molecule has 0 atom stereocenters. The van der Waals surface area contributed by atoms with Crippen molar-refractivity contribution >= 4 is 11.7 Å². The van der Waals surface area contributed by atoms with E-state index in [4.69, 9.17) is 10.8 Å². The van der Waals surface area contributed by atoms with Gasteiger partial charge in [0.2, 0.25) is 0 Å². The minimum Gasteiger partial charge on any atom is -0.508 e. The number of carbonyl (C=O) groups is 1. The molecule has 0 heterocycles. The second-order valence-electron chi connectivity index (χ2n) is 2.46. The zero-order valence-electron chi connectivity index (χ0n) is 6.32. The first-order valence-electron chi connectivity index (χ1n) is 3.39. The number of rotatable bonds is 2. The minimum atomic E-state index is -0.977. The maximum Gasteiger partial charge on any atom is 0.307 e. The van der Waals surface area contributed by atoms with Crippen LogP contribution in [-0.2, 0) is 11.2 Å². The summed E-state index contributed by atoms with van der Waals surface area (Å²) in [6.45, 7) is 0. The molecule has 0 fully saturated rings. The smallest absolute Gasteiger partial charge is 0.307 e. The molecule has 0 bridgehead atoms. The first-order chi connectivity index (χ1) is 5.59. The van der Waals surface area contributed by atoms with Crippen molar-refractivity contribution in [3.05, 3.63) is 23.8 Å². The van der Waals surface area contributed by atoms with Gasteiger partial charge in [-0.15, -0.1) is 0 Å². The lowest BCUT2D eigenvalue weighted by Gasteiger charge is -2.01. The third kappa shape index (κ3) is 1.88. The van der Waals surface area contributed by atoms with Crippen LogP contribution in [0.5, 0.6) is 5.75 Å². The third-order valence-corrected chi connectivity index (χ3v) is 1.45. The van der Waals surface area contributed by atoms with Gasteiger partial charge in [-0.1, -0.05) is 6.07 Å². The Morgan fingerprint density at radius 3 is 2.67 bits per heavy atom. The lowest BCUT2D eigenvalue weighted by Crippen LogP contribution is -2.00. The summed E-state index contributed by atoms with van der Waals surface area (Å²) in [6, 6.07) is 4.38. The van der Waals surface area contributed by atoms with Crippen LogP contribution in [0, 0.1) is 0 Å². The highest BCUT2D eigenvalue weighted by Gasteiger charge is 2.05. The van der Waals surface area contributed by atoms with E-state index in [1.165, 1.54) is 12.1 Å². The Hall–Kier alpha value is -1.71. The molecule has 0 spiro atoms. The molecule has 0 aliphatic rings. The fourth-order valence-electron chi connectivity index (χ4n) is 0.893. The number of phenols is 1. The van der Waals surface area contributed by atoms with E-state index in [0.717, 1.165) is 0 Å². The summed E-state index contributed by atoms with van der Waals surface area (Å²) in [6.07, 6.45) is -0.188. The molecule has 0 amide bonds. The zero-order chi connectivity index (χ0) is 9.14. The molecule has 0 unspecified atom stereocenters. The molecule has 4 heteroatoms. The van der Waals surface area contributed by atoms with E-state index in [-0.39, 0.29) is 12.2 Å². The van der Waals surface area contributed by atoms with Gasteiger partial charge in [0.15, 0.2) is 0 Å². The SMILES string of the molecule is Nc1ccc(CC(=O)O)c(O)c1. The number of nitrogens with two attached hydrogens (primary N) is 1. The third-order valence-electron chi connectivity index (χ3n) is 1.45. The Morgan fingerprint density at radius 1 is 1.50 bits per heavy atom. The molecule has 0 saturated carbocycles. The highest BCUT2D eigenvalue weighted by molar-refractivity contribution is 5.71. The highest BCUT2D eigenvalue weighted by atomic mass is 16.4. The Kier molecular flexibility index (Phi) is 2.19. The Bertz CT molecular complexity index is 309. The summed E-state index contributed by atoms with van der Waals surface area (Å²) < 4.78 is 0. The monoisotopic (exact) mass is 167 g/mol. The van der Waals surface area contributed by atoms with E-state index in [1.807, 2.05) is 0 Å². The molecule has 64 valence electrons. The van der Waals surface area contributed by atoms with E-state index in [1.54, 1.807) is 6.07 Å². The van der Waals surface area contributed by atoms with Crippen molar-refractivity contribution in [3.8, 4) is 5.75 Å². The predicted molar refractivity (Wildman–Crippen MR) is 43.9 cm³/mol. The van der Waals surface area contributed by atoms with Gasteiger partial charge in [0.05, 0.1) is 6.42 Å². The summed E-state index contributed by atoms with van der Waals surface area (Å²) in [5.74, 6) is -1.05. The van der Waals surface area contributed by atoms with Crippen molar-refractivity contribution in [1.82, 2.24) is 0 Å². The minimum absolute atomic E-state index is 0.0719. The van der Waals surface area contributed by atoms with Crippen LogP contribution in [0.25, 0.3) is 0 Å². The van der Waals surface area contributed by atoms with Gasteiger partial charge in [0, 0.05) is 17.3 Å². The van der Waals surface area contributed by atoms with Crippen LogP contribution in [0.1, 0.15) is 5.56 Å². The molecule has 4 nitrogen and oxygen atoms in total. The number of aliphatic carboxylic acids is 1. The topological polar surface area (TPSA) is 83.6 Å². The largest absolute Gasteiger partial charge is 0.508 e. The summed E-state index contributed by atoms with van der Waals surface area (Å²) in [5, 5.41) is 17.6. The van der Waals surface area contributed by atoms with Crippen molar-refractivity contribution in [2.45, 2.75) is 6.42 Å². The second kappa shape index (κ2) is 3.13. The van der Waals surface area contributed by atoms with E-state index in [0.29, 0.717) is 11.3 Å². The van der Waals surface area contributed by atoms with Gasteiger partial charge in [-0.25, -0.2) is 0 Å². The Morgan fingerprint density at radius 2 is 2.17 bits per heavy atom. The first-order valence-corrected chi connectivity index (χ1v) is 3.39. The molecule has 0 aromatic heterocycles. The first kappa shape index (κ1) is 8.39. The zero-order valence-corrected chi connectivity index (χ0v) is 6.32. The molecule has 0 aliphatic heterocycles. The van der Waals surface area contributed by atoms with Crippen LogP contribution in [0.2, 0.25) is 0 Å². The number of carboxylic acids is 1. The van der Waals surface area contributed by atoms with Crippen LogP contribution >= 0.6 is 0 Å². The summed E-state index contributed by atoms with van der Waals surface area (Å²) >= 11 is 0. The lowest BCUT2D eigenvalue weighted by atomic mass is 10.1. The maximum absolute atomic E-state index is 10.3. The van der Waals surface area contributed by atoms with Crippen molar-refractivity contribution in [1.29, 1.82) is 0 Å². The molecule has 1 rings (SSSR count). The van der Waals surface area contributed by atoms with Crippen LogP contribution in [0.4, 0.5) is 5.69 Å². The number of aromatic hydroxyl groups is 1. The Labute approximate surface area is 69.3 Å². The van der Waals surface area contributed by atoms with Crippen LogP contribution in [0.15, 0.2) is 18.2 Å². The molecule has 0 radical (unpaired) electrons. The predicted octanol–water partition coefficient (Wildman–Crippen LogP) is 0.601. The standard InChI is InChI=1S/C8H9NO3/c9-6-2-1-5(3-8(11)12)7(10)4-6/h1-2,4,10H,3,9H2,(H,11,12). The van der Waals surface area contributed by atoms with E-state index < -0.39 is 5.97 Å². The molecule has 4 N–H and O–H groups in total. The van der Waals surface area contributed by atoms with Gasteiger partial charge in [0.1, 0.15) is 5.75 Å². The van der Waals surface area contributed by atoms with Crippen LogP contribution in [0.3, 0.4) is 0 Å². The molecule has 1 aromatic rings. The van der Waals surface area contributed by atoms with E-state index in [9.17, 15) is 9.90 Å². The summed E-state index contributed by atoms with van der Waals surface area (Å²) in [7, 11) is 0. The molecular formula is C8H9NO3. The molecule has 0 aliphatic carbocycles. The molecule has 1 aromatic carbocycles. The number of nitrogen functional groups attached to an aromatic ring is 1. The van der Waals surface area contributed by atoms with Gasteiger partial charge < -0.3 is 15.9 Å². The van der Waals surface area contributed by atoms with Crippen molar-refractivity contribution in [2.75, 3.05) is 5.73 Å². The number of carboxylic acid groups (broad SMARTS) is 1. The average Bonchev–Trinajstić information content (AvgIpc) is 1.94. The van der Waals surface area contributed by atoms with Gasteiger partial charge in [-0.05, 0) is 6.07 Å². The summed E-state index contributed by atoms with van der Waals surface area (Å²) in [4.78, 5) is 10.3. The molecule has 12 heavy (non-hydrogen) atoms. The number of hydrogen-bond donors (Lipinski definition) is 3. The van der Waals surface area contributed by atoms with Gasteiger partial charge in [-0.3, -0.25) is 4.79 Å². The van der Waals surface area contributed by atoms with E-state index >= 15 is 0 Å². The maximum atomic E-state index is 10.3. The van der Waals surface area contributed by atoms with Crippen molar-refractivity contribution < 1.29 is 15.0 Å². The fraction of sp³-hybridized carbons (Fsp3) is 0.125. The van der Waals surface area contributed by atoms with Crippen molar-refractivity contribution in [3.63, 3.8) is 0 Å². The van der Waals surface area contributed by atoms with Gasteiger partial charge in [0.25, 0.3) is 0 Å². The van der Waals surface area contributed by atoms with E-state index in [2.05, 4.69) is 0 Å².